The number of benzene rings is 1. The summed E-state index contributed by atoms with van der Waals surface area (Å²) < 4.78 is 10.5. The second kappa shape index (κ2) is 7.90. The van der Waals surface area contributed by atoms with Crippen molar-refractivity contribution < 1.29 is 9.26 Å². The lowest BCUT2D eigenvalue weighted by atomic mass is 9.94. The lowest BCUT2D eigenvalue weighted by Crippen LogP contribution is -2.26. The predicted octanol–water partition coefficient (Wildman–Crippen LogP) is 2.71. The van der Waals surface area contributed by atoms with Gasteiger partial charge in [-0.05, 0) is 12.1 Å². The summed E-state index contributed by atoms with van der Waals surface area (Å²) in [5.41, 5.74) is 1.23. The second-order valence-electron chi connectivity index (χ2n) is 5.03. The third-order valence-corrected chi connectivity index (χ3v) is 3.49. The maximum Gasteiger partial charge on any atom is 0.231 e. The number of hydrogen-bond acceptors (Lipinski definition) is 5. The Balaban J connectivity index is 2.14. The van der Waals surface area contributed by atoms with E-state index in [-0.39, 0.29) is 12.0 Å². The Bertz CT molecular complexity index is 527. The molecule has 5 heteroatoms. The van der Waals surface area contributed by atoms with Crippen LogP contribution >= 0.6 is 0 Å². The van der Waals surface area contributed by atoms with E-state index in [1.54, 1.807) is 7.11 Å². The van der Waals surface area contributed by atoms with Crippen LogP contribution < -0.4 is 5.32 Å². The SMILES string of the molecule is CCNC(c1ccccc1)C(C)c1nc(CCOC)no1. The summed E-state index contributed by atoms with van der Waals surface area (Å²) in [7, 11) is 1.67. The molecule has 0 amide bonds. The van der Waals surface area contributed by atoms with Gasteiger partial charge in [0, 0.05) is 19.6 Å². The van der Waals surface area contributed by atoms with Crippen LogP contribution in [0.15, 0.2) is 34.9 Å². The van der Waals surface area contributed by atoms with E-state index in [4.69, 9.17) is 9.26 Å². The van der Waals surface area contributed by atoms with E-state index < -0.39 is 0 Å². The number of ether oxygens (including phenoxy) is 1. The minimum absolute atomic E-state index is 0.108. The third kappa shape index (κ3) is 4.12. The minimum atomic E-state index is 0.108. The highest BCUT2D eigenvalue weighted by atomic mass is 16.5. The average molecular weight is 289 g/mol. The van der Waals surface area contributed by atoms with Crippen LogP contribution in [0.3, 0.4) is 0 Å². The van der Waals surface area contributed by atoms with Gasteiger partial charge in [-0.3, -0.25) is 0 Å². The molecule has 2 unspecified atom stereocenters. The lowest BCUT2D eigenvalue weighted by molar-refractivity contribution is 0.199. The van der Waals surface area contributed by atoms with Gasteiger partial charge in [0.25, 0.3) is 0 Å². The molecule has 0 saturated heterocycles. The van der Waals surface area contributed by atoms with Gasteiger partial charge in [0.2, 0.25) is 5.89 Å². The van der Waals surface area contributed by atoms with Crippen LogP contribution in [0, 0.1) is 0 Å². The van der Waals surface area contributed by atoms with E-state index in [0.29, 0.717) is 24.7 Å². The van der Waals surface area contributed by atoms with Crippen molar-refractivity contribution in [3.05, 3.63) is 47.6 Å². The molecule has 2 aromatic rings. The number of nitrogens with zero attached hydrogens (tertiary/aromatic N) is 2. The summed E-state index contributed by atoms with van der Waals surface area (Å²) in [6, 6.07) is 10.5. The summed E-state index contributed by atoms with van der Waals surface area (Å²) in [6.45, 7) is 5.69. The van der Waals surface area contributed by atoms with Crippen LogP contribution in [0.25, 0.3) is 0 Å². The first-order valence-electron chi connectivity index (χ1n) is 7.36. The smallest absolute Gasteiger partial charge is 0.231 e. The number of methoxy groups -OCH3 is 1. The van der Waals surface area contributed by atoms with Crippen molar-refractivity contribution in [1.82, 2.24) is 15.5 Å². The number of rotatable bonds is 8. The summed E-state index contributed by atoms with van der Waals surface area (Å²) in [4.78, 5) is 4.48. The predicted molar refractivity (Wildman–Crippen MR) is 81.2 cm³/mol. The Morgan fingerprint density at radius 3 is 2.71 bits per heavy atom. The molecule has 1 aromatic heterocycles. The van der Waals surface area contributed by atoms with E-state index in [1.807, 2.05) is 18.2 Å². The van der Waals surface area contributed by atoms with Gasteiger partial charge < -0.3 is 14.6 Å². The fourth-order valence-electron chi connectivity index (χ4n) is 2.35. The quantitative estimate of drug-likeness (QED) is 0.809. The molecule has 1 N–H and O–H groups in total. The Hall–Kier alpha value is -1.72. The molecule has 114 valence electrons. The first kappa shape index (κ1) is 15.7. The molecule has 2 rings (SSSR count). The molecule has 5 nitrogen and oxygen atoms in total. The summed E-state index contributed by atoms with van der Waals surface area (Å²) in [5, 5.41) is 7.51. The van der Waals surface area contributed by atoms with Crippen molar-refractivity contribution >= 4 is 0 Å². The molecule has 1 aromatic carbocycles. The van der Waals surface area contributed by atoms with Crippen molar-refractivity contribution in [1.29, 1.82) is 0 Å². The van der Waals surface area contributed by atoms with Gasteiger partial charge in [-0.2, -0.15) is 4.98 Å². The first-order chi connectivity index (χ1) is 10.3. The minimum Gasteiger partial charge on any atom is -0.384 e. The van der Waals surface area contributed by atoms with E-state index in [0.717, 1.165) is 6.54 Å². The van der Waals surface area contributed by atoms with Crippen LogP contribution in [0.2, 0.25) is 0 Å². The van der Waals surface area contributed by atoms with Gasteiger partial charge >= 0.3 is 0 Å². The lowest BCUT2D eigenvalue weighted by Gasteiger charge is -2.22. The van der Waals surface area contributed by atoms with Crippen LogP contribution in [-0.2, 0) is 11.2 Å². The van der Waals surface area contributed by atoms with Crippen molar-refractivity contribution in [2.45, 2.75) is 32.2 Å². The second-order valence-corrected chi connectivity index (χ2v) is 5.03. The monoisotopic (exact) mass is 289 g/mol. The molecule has 0 saturated carbocycles. The zero-order valence-corrected chi connectivity index (χ0v) is 12.9. The van der Waals surface area contributed by atoms with Gasteiger partial charge in [-0.1, -0.05) is 49.3 Å². The van der Waals surface area contributed by atoms with Crippen LogP contribution in [-0.4, -0.2) is 30.4 Å². The zero-order valence-electron chi connectivity index (χ0n) is 12.9. The zero-order chi connectivity index (χ0) is 15.1. The van der Waals surface area contributed by atoms with Crippen molar-refractivity contribution in [3.63, 3.8) is 0 Å². The van der Waals surface area contributed by atoms with Gasteiger partial charge in [0.15, 0.2) is 5.82 Å². The largest absolute Gasteiger partial charge is 0.384 e. The Morgan fingerprint density at radius 2 is 2.05 bits per heavy atom. The van der Waals surface area contributed by atoms with Gasteiger partial charge in [-0.15, -0.1) is 0 Å². The molecule has 0 aliphatic carbocycles. The maximum absolute atomic E-state index is 5.42. The molecule has 0 aliphatic rings. The van der Waals surface area contributed by atoms with Gasteiger partial charge in [0.05, 0.1) is 12.5 Å². The Kier molecular flexibility index (Phi) is 5.90. The highest BCUT2D eigenvalue weighted by Gasteiger charge is 2.24. The van der Waals surface area contributed by atoms with Crippen molar-refractivity contribution in [2.24, 2.45) is 0 Å². The standard InChI is InChI=1S/C16H23N3O2/c1-4-17-15(13-8-6-5-7-9-13)12(2)16-18-14(19-21-16)10-11-20-3/h5-9,12,15,17H,4,10-11H2,1-3H3. The fourth-order valence-corrected chi connectivity index (χ4v) is 2.35. The van der Waals surface area contributed by atoms with Gasteiger partial charge in [0.1, 0.15) is 0 Å². The van der Waals surface area contributed by atoms with Crippen LogP contribution in [0.5, 0.6) is 0 Å². The molecule has 1 heterocycles. The summed E-state index contributed by atoms with van der Waals surface area (Å²) in [6.07, 6.45) is 0.671. The average Bonchev–Trinajstić information content (AvgIpc) is 2.99. The van der Waals surface area contributed by atoms with E-state index in [1.165, 1.54) is 5.56 Å². The van der Waals surface area contributed by atoms with Crippen LogP contribution in [0.4, 0.5) is 0 Å². The van der Waals surface area contributed by atoms with Crippen molar-refractivity contribution in [3.8, 4) is 0 Å². The number of hydrogen-bond donors (Lipinski definition) is 1. The number of likely N-dealkylation sites (N-methyl/N-ethyl adjacent to an activating group) is 1. The van der Waals surface area contributed by atoms with Gasteiger partial charge in [-0.25, -0.2) is 0 Å². The summed E-state index contributed by atoms with van der Waals surface area (Å²) in [5.74, 6) is 1.47. The normalized spacial score (nSPS) is 14.0. The topological polar surface area (TPSA) is 60.2 Å². The Labute approximate surface area is 125 Å². The fraction of sp³-hybridized carbons (Fsp3) is 0.500. The molecule has 0 bridgehead atoms. The number of aromatic nitrogens is 2. The van der Waals surface area contributed by atoms with Crippen LogP contribution in [0.1, 0.15) is 43.1 Å². The maximum atomic E-state index is 5.42. The molecular weight excluding hydrogens is 266 g/mol. The third-order valence-electron chi connectivity index (χ3n) is 3.49. The molecule has 21 heavy (non-hydrogen) atoms. The molecular formula is C16H23N3O2. The molecule has 0 spiro atoms. The molecule has 2 atom stereocenters. The number of nitrogens with one attached hydrogen (secondary N) is 1. The summed E-state index contributed by atoms with van der Waals surface area (Å²) >= 11 is 0. The highest BCUT2D eigenvalue weighted by Crippen LogP contribution is 2.29. The Morgan fingerprint density at radius 1 is 1.29 bits per heavy atom. The molecule has 0 radical (unpaired) electrons. The first-order valence-corrected chi connectivity index (χ1v) is 7.36. The van der Waals surface area contributed by atoms with E-state index in [9.17, 15) is 0 Å². The van der Waals surface area contributed by atoms with E-state index >= 15 is 0 Å². The van der Waals surface area contributed by atoms with E-state index in [2.05, 4.69) is 41.4 Å². The highest BCUT2D eigenvalue weighted by molar-refractivity contribution is 5.22. The van der Waals surface area contributed by atoms with Crippen molar-refractivity contribution in [2.75, 3.05) is 20.3 Å². The molecule has 0 fully saturated rings. The molecule has 0 aliphatic heterocycles.